The summed E-state index contributed by atoms with van der Waals surface area (Å²) in [6, 6.07) is 18.3. The Labute approximate surface area is 188 Å². The molecular weight excluding hydrogens is 432 g/mol. The maximum atomic E-state index is 12.5. The number of piperazine rings is 1. The van der Waals surface area contributed by atoms with Gasteiger partial charge in [-0.15, -0.1) is 0 Å². The van der Waals surface area contributed by atoms with E-state index in [-0.39, 0.29) is 4.90 Å². The van der Waals surface area contributed by atoms with Gasteiger partial charge >= 0.3 is 0 Å². The number of nitrogens with zero attached hydrogens (tertiary/aromatic N) is 3. The molecule has 8 heteroatoms. The number of halogens is 1. The highest BCUT2D eigenvalue weighted by Gasteiger charge is 2.19. The summed E-state index contributed by atoms with van der Waals surface area (Å²) in [7, 11) is -3.63. The fraction of sp³-hybridized carbons (Fsp3) is 0.261. The van der Waals surface area contributed by atoms with Gasteiger partial charge < -0.3 is 4.90 Å². The molecule has 1 aliphatic rings. The molecule has 2 heterocycles. The molecule has 2 aromatic carbocycles. The zero-order valence-corrected chi connectivity index (χ0v) is 18.9. The topological polar surface area (TPSA) is 65.5 Å². The molecule has 6 nitrogen and oxygen atoms in total. The van der Waals surface area contributed by atoms with Crippen LogP contribution >= 0.6 is 11.6 Å². The van der Waals surface area contributed by atoms with E-state index in [1.807, 2.05) is 31.2 Å². The first-order chi connectivity index (χ1) is 14.9. The van der Waals surface area contributed by atoms with Crippen LogP contribution in [0.3, 0.4) is 0 Å². The molecule has 1 fully saturated rings. The summed E-state index contributed by atoms with van der Waals surface area (Å²) < 4.78 is 27.7. The van der Waals surface area contributed by atoms with Gasteiger partial charge in [-0.3, -0.25) is 9.62 Å². The predicted octanol–water partition coefficient (Wildman–Crippen LogP) is 4.17. The molecule has 1 saturated heterocycles. The van der Waals surface area contributed by atoms with Gasteiger partial charge in [0.05, 0.1) is 16.8 Å². The van der Waals surface area contributed by atoms with E-state index in [1.54, 1.807) is 36.5 Å². The Morgan fingerprint density at radius 3 is 2.32 bits per heavy atom. The maximum Gasteiger partial charge on any atom is 0.261 e. The molecule has 0 bridgehead atoms. The summed E-state index contributed by atoms with van der Waals surface area (Å²) in [6.45, 7) is 6.28. The van der Waals surface area contributed by atoms with Crippen molar-refractivity contribution in [1.82, 2.24) is 9.88 Å². The first kappa shape index (κ1) is 21.6. The van der Waals surface area contributed by atoms with E-state index in [1.165, 1.54) is 0 Å². The number of nitrogens with one attached hydrogen (secondary N) is 1. The highest BCUT2D eigenvalue weighted by molar-refractivity contribution is 7.92. The molecule has 1 aliphatic heterocycles. The first-order valence-corrected chi connectivity index (χ1v) is 12.0. The molecule has 0 amide bonds. The van der Waals surface area contributed by atoms with Gasteiger partial charge in [-0.05, 0) is 42.8 Å². The Bertz CT molecular complexity index is 1130. The van der Waals surface area contributed by atoms with Crippen LogP contribution in [0.4, 0.5) is 11.5 Å². The second-order valence-corrected chi connectivity index (χ2v) is 9.77. The fourth-order valence-electron chi connectivity index (χ4n) is 3.57. The molecule has 0 radical (unpaired) electrons. The van der Waals surface area contributed by atoms with Gasteiger partial charge in [-0.25, -0.2) is 13.4 Å². The number of aromatic nitrogens is 1. The number of pyridine rings is 1. The normalized spacial score (nSPS) is 15.1. The number of hydrogen-bond donors (Lipinski definition) is 1. The molecule has 3 aromatic rings. The van der Waals surface area contributed by atoms with E-state index in [2.05, 4.69) is 25.6 Å². The summed E-state index contributed by atoms with van der Waals surface area (Å²) in [5.74, 6) is 0.843. The highest BCUT2D eigenvalue weighted by Crippen LogP contribution is 2.21. The van der Waals surface area contributed by atoms with Crippen LogP contribution in [0.25, 0.3) is 0 Å². The first-order valence-electron chi connectivity index (χ1n) is 10.2. The van der Waals surface area contributed by atoms with E-state index in [0.29, 0.717) is 5.69 Å². The molecule has 0 spiro atoms. The summed E-state index contributed by atoms with van der Waals surface area (Å²) >= 11 is 6.28. The van der Waals surface area contributed by atoms with Crippen LogP contribution in [0.2, 0.25) is 5.02 Å². The monoisotopic (exact) mass is 456 g/mol. The van der Waals surface area contributed by atoms with E-state index >= 15 is 0 Å². The van der Waals surface area contributed by atoms with Crippen molar-refractivity contribution in [2.24, 2.45) is 0 Å². The van der Waals surface area contributed by atoms with Gasteiger partial charge in [0.25, 0.3) is 10.0 Å². The van der Waals surface area contributed by atoms with Crippen molar-refractivity contribution >= 4 is 33.1 Å². The molecule has 0 saturated carbocycles. The number of anilines is 2. The summed E-state index contributed by atoms with van der Waals surface area (Å²) in [4.78, 5) is 9.30. The third-order valence-corrected chi connectivity index (χ3v) is 7.15. The largest absolute Gasteiger partial charge is 0.354 e. The molecular formula is C23H25ClN4O2S. The molecule has 0 aliphatic carbocycles. The van der Waals surface area contributed by atoms with Gasteiger partial charge in [0.2, 0.25) is 0 Å². The number of sulfonamides is 1. The smallest absolute Gasteiger partial charge is 0.261 e. The van der Waals surface area contributed by atoms with Crippen molar-refractivity contribution in [1.29, 1.82) is 0 Å². The van der Waals surface area contributed by atoms with Crippen molar-refractivity contribution in [3.05, 3.63) is 83.0 Å². The lowest BCUT2D eigenvalue weighted by Crippen LogP contribution is -2.46. The van der Waals surface area contributed by atoms with Crippen LogP contribution < -0.4 is 9.62 Å². The molecule has 1 aromatic heterocycles. The van der Waals surface area contributed by atoms with Crippen LogP contribution in [-0.4, -0.2) is 44.5 Å². The van der Waals surface area contributed by atoms with Crippen molar-refractivity contribution in [2.75, 3.05) is 35.8 Å². The highest BCUT2D eigenvalue weighted by atomic mass is 35.5. The lowest BCUT2D eigenvalue weighted by Gasteiger charge is -2.35. The number of aryl methyl sites for hydroxylation is 1. The Morgan fingerprint density at radius 2 is 1.68 bits per heavy atom. The zero-order chi connectivity index (χ0) is 21.8. The summed E-state index contributed by atoms with van der Waals surface area (Å²) in [5.41, 5.74) is 2.60. The lowest BCUT2D eigenvalue weighted by atomic mass is 10.2. The van der Waals surface area contributed by atoms with Gasteiger partial charge in [-0.1, -0.05) is 47.5 Å². The Hall–Kier alpha value is -2.61. The van der Waals surface area contributed by atoms with Crippen molar-refractivity contribution in [2.45, 2.75) is 18.4 Å². The minimum atomic E-state index is -3.63. The minimum Gasteiger partial charge on any atom is -0.354 e. The van der Waals surface area contributed by atoms with Crippen LogP contribution in [0.15, 0.2) is 71.8 Å². The minimum absolute atomic E-state index is 0.233. The Balaban J connectivity index is 1.34. The number of benzene rings is 2. The third kappa shape index (κ3) is 5.36. The quantitative estimate of drug-likeness (QED) is 0.603. The van der Waals surface area contributed by atoms with E-state index in [9.17, 15) is 8.42 Å². The summed E-state index contributed by atoms with van der Waals surface area (Å²) in [6.07, 6.45) is 1.57. The fourth-order valence-corrected chi connectivity index (χ4v) is 4.81. The van der Waals surface area contributed by atoms with E-state index in [0.717, 1.165) is 54.7 Å². The van der Waals surface area contributed by atoms with Crippen LogP contribution in [0.5, 0.6) is 0 Å². The molecule has 162 valence electrons. The van der Waals surface area contributed by atoms with Crippen LogP contribution in [-0.2, 0) is 16.6 Å². The molecule has 31 heavy (non-hydrogen) atoms. The molecule has 0 atom stereocenters. The molecule has 4 rings (SSSR count). The van der Waals surface area contributed by atoms with E-state index < -0.39 is 10.0 Å². The summed E-state index contributed by atoms with van der Waals surface area (Å²) in [5, 5.41) is 0.801. The average Bonchev–Trinajstić information content (AvgIpc) is 2.77. The number of rotatable bonds is 6. The maximum absolute atomic E-state index is 12.5. The van der Waals surface area contributed by atoms with Crippen molar-refractivity contribution in [3.63, 3.8) is 0 Å². The zero-order valence-electron chi connectivity index (χ0n) is 17.3. The SMILES string of the molecule is Cc1ccc(S(=O)(=O)Nc2ccc(N3CCN(Cc4ccccc4Cl)CC3)nc2)cc1. The third-order valence-electron chi connectivity index (χ3n) is 5.38. The van der Waals surface area contributed by atoms with Gasteiger partial charge in [0.15, 0.2) is 0 Å². The number of hydrogen-bond acceptors (Lipinski definition) is 5. The predicted molar refractivity (Wildman–Crippen MR) is 125 cm³/mol. The van der Waals surface area contributed by atoms with Crippen LogP contribution in [0, 0.1) is 6.92 Å². The van der Waals surface area contributed by atoms with Crippen molar-refractivity contribution in [3.8, 4) is 0 Å². The van der Waals surface area contributed by atoms with Crippen LogP contribution in [0.1, 0.15) is 11.1 Å². The standard InChI is InChI=1S/C23H25ClN4O2S/c1-18-6-9-21(10-7-18)31(29,30)26-20-8-11-23(25-16-20)28-14-12-27(13-15-28)17-19-4-2-3-5-22(19)24/h2-11,16,26H,12-15,17H2,1H3. The second-order valence-electron chi connectivity index (χ2n) is 7.68. The van der Waals surface area contributed by atoms with Gasteiger partial charge in [0.1, 0.15) is 5.82 Å². The lowest BCUT2D eigenvalue weighted by molar-refractivity contribution is 0.249. The molecule has 0 unspecified atom stereocenters. The Morgan fingerprint density at radius 1 is 0.968 bits per heavy atom. The molecule has 1 N–H and O–H groups in total. The average molecular weight is 457 g/mol. The van der Waals surface area contributed by atoms with Gasteiger partial charge in [-0.2, -0.15) is 0 Å². The van der Waals surface area contributed by atoms with Crippen molar-refractivity contribution < 1.29 is 8.42 Å². The van der Waals surface area contributed by atoms with E-state index in [4.69, 9.17) is 11.6 Å². The second kappa shape index (κ2) is 9.26. The Kier molecular flexibility index (Phi) is 6.46. The van der Waals surface area contributed by atoms with Gasteiger partial charge in [0, 0.05) is 37.7 Å².